The lowest BCUT2D eigenvalue weighted by Crippen LogP contribution is -2.31. The number of benzene rings is 1. The Bertz CT molecular complexity index is 509. The molecule has 0 bridgehead atoms. The van der Waals surface area contributed by atoms with Gasteiger partial charge in [-0.15, -0.1) is 0 Å². The number of aliphatic hydroxyl groups excluding tert-OH is 1. The van der Waals surface area contributed by atoms with Crippen LogP contribution in [0.15, 0.2) is 6.07 Å². The van der Waals surface area contributed by atoms with Crippen LogP contribution < -0.4 is 4.74 Å². The van der Waals surface area contributed by atoms with Gasteiger partial charge in [0.15, 0.2) is 5.78 Å². The molecule has 0 aliphatic heterocycles. The molecule has 0 saturated carbocycles. The summed E-state index contributed by atoms with van der Waals surface area (Å²) in [7, 11) is 2.94. The number of methoxy groups -OCH3 is 2. The molecule has 104 valence electrons. The van der Waals surface area contributed by atoms with Crippen molar-refractivity contribution in [3.05, 3.63) is 22.8 Å². The molecule has 5 heteroatoms. The Labute approximate surface area is 111 Å². The minimum Gasteiger partial charge on any atom is -0.507 e. The average Bonchev–Trinajstić information content (AvgIpc) is 2.41. The molecule has 0 heterocycles. The van der Waals surface area contributed by atoms with E-state index in [0.717, 1.165) is 0 Å². The van der Waals surface area contributed by atoms with E-state index in [0.29, 0.717) is 23.3 Å². The predicted molar refractivity (Wildman–Crippen MR) is 68.7 cm³/mol. The summed E-state index contributed by atoms with van der Waals surface area (Å²) >= 11 is 0. The molecule has 0 aromatic heterocycles. The van der Waals surface area contributed by atoms with Crippen LogP contribution >= 0.6 is 0 Å². The van der Waals surface area contributed by atoms with Crippen molar-refractivity contribution in [1.29, 1.82) is 0 Å². The van der Waals surface area contributed by atoms with Gasteiger partial charge in [-0.2, -0.15) is 0 Å². The summed E-state index contributed by atoms with van der Waals surface area (Å²) in [5.74, 6) is 0.166. The molecule has 0 unspecified atom stereocenters. The van der Waals surface area contributed by atoms with E-state index in [2.05, 4.69) is 0 Å². The van der Waals surface area contributed by atoms with Crippen LogP contribution in [0, 0.1) is 0 Å². The van der Waals surface area contributed by atoms with Gasteiger partial charge in [0, 0.05) is 24.7 Å². The number of Topliss-reactive ketones (excluding diaryl/α,β-unsaturated/α-hetero) is 1. The van der Waals surface area contributed by atoms with Crippen molar-refractivity contribution < 1.29 is 24.5 Å². The van der Waals surface area contributed by atoms with Crippen LogP contribution in [-0.2, 0) is 11.2 Å². The van der Waals surface area contributed by atoms with Crippen LogP contribution in [0.5, 0.6) is 11.5 Å². The summed E-state index contributed by atoms with van der Waals surface area (Å²) in [5, 5.41) is 20.4. The lowest BCUT2D eigenvalue weighted by atomic mass is 9.84. The highest BCUT2D eigenvalue weighted by Crippen LogP contribution is 2.42. The minimum absolute atomic E-state index is 0.0632. The van der Waals surface area contributed by atoms with Crippen LogP contribution in [0.4, 0.5) is 0 Å². The number of aromatic hydroxyl groups is 1. The number of hydrogen-bond donors (Lipinski definition) is 2. The van der Waals surface area contributed by atoms with Gasteiger partial charge < -0.3 is 19.7 Å². The highest BCUT2D eigenvalue weighted by molar-refractivity contribution is 6.02. The smallest absolute Gasteiger partial charge is 0.169 e. The van der Waals surface area contributed by atoms with Crippen molar-refractivity contribution in [2.45, 2.75) is 32.0 Å². The lowest BCUT2D eigenvalue weighted by molar-refractivity contribution is -0.0195. The Morgan fingerprint density at radius 1 is 1.42 bits per heavy atom. The van der Waals surface area contributed by atoms with E-state index in [1.165, 1.54) is 14.2 Å². The van der Waals surface area contributed by atoms with Crippen LogP contribution in [0.25, 0.3) is 0 Å². The second-order valence-electron chi connectivity index (χ2n) is 4.57. The minimum atomic E-state index is -0.941. The summed E-state index contributed by atoms with van der Waals surface area (Å²) in [6, 6.07) is 1.61. The van der Waals surface area contributed by atoms with E-state index in [1.54, 1.807) is 6.07 Å². The summed E-state index contributed by atoms with van der Waals surface area (Å²) in [6.07, 6.45) is -0.924. The van der Waals surface area contributed by atoms with Crippen LogP contribution in [0.3, 0.4) is 0 Å². The Hall–Kier alpha value is -1.59. The molecule has 0 amide bonds. The SMILES string of the molecule is CCc1c(OC)cc2c(c1O)C(=O)C[C@@H](OC)[C@H]2O. The standard InChI is InChI=1S/C14H18O5/c1-4-7-10(18-2)5-8-12(14(7)17)9(15)6-11(19-3)13(8)16/h5,11,13,16-17H,4,6H2,1-3H3/t11-,13+/m1/s1. The van der Waals surface area contributed by atoms with Crippen LogP contribution in [-0.4, -0.2) is 36.3 Å². The average molecular weight is 266 g/mol. The number of ketones is 1. The fraction of sp³-hybridized carbons (Fsp3) is 0.500. The number of carbonyl (C=O) groups is 1. The van der Waals surface area contributed by atoms with Gasteiger partial charge in [0.05, 0.1) is 18.8 Å². The quantitative estimate of drug-likeness (QED) is 0.869. The predicted octanol–water partition coefficient (Wildman–Crippen LogP) is 1.60. The van der Waals surface area contributed by atoms with Crippen molar-refractivity contribution in [2.24, 2.45) is 0 Å². The molecule has 0 radical (unpaired) electrons. The topological polar surface area (TPSA) is 76.0 Å². The fourth-order valence-electron chi connectivity index (χ4n) is 2.56. The third-order valence-corrected chi connectivity index (χ3v) is 3.61. The normalized spacial score (nSPS) is 22.2. The number of rotatable bonds is 3. The van der Waals surface area contributed by atoms with E-state index in [-0.39, 0.29) is 23.5 Å². The van der Waals surface area contributed by atoms with Gasteiger partial charge in [0.1, 0.15) is 17.6 Å². The first-order valence-corrected chi connectivity index (χ1v) is 6.21. The number of aliphatic hydroxyl groups is 1. The number of phenols is 1. The fourth-order valence-corrected chi connectivity index (χ4v) is 2.56. The number of phenolic OH excluding ortho intramolecular Hbond substituents is 1. The van der Waals surface area contributed by atoms with Gasteiger partial charge in [0.2, 0.25) is 0 Å². The third kappa shape index (κ3) is 2.09. The maximum atomic E-state index is 12.1. The largest absolute Gasteiger partial charge is 0.507 e. The first kappa shape index (κ1) is 13.8. The molecule has 1 aromatic rings. The molecule has 19 heavy (non-hydrogen) atoms. The van der Waals surface area contributed by atoms with Gasteiger partial charge in [-0.1, -0.05) is 6.92 Å². The zero-order valence-electron chi connectivity index (χ0n) is 11.3. The second-order valence-corrected chi connectivity index (χ2v) is 4.57. The summed E-state index contributed by atoms with van der Waals surface area (Å²) in [5.41, 5.74) is 1.14. The number of hydrogen-bond acceptors (Lipinski definition) is 5. The van der Waals surface area contributed by atoms with E-state index >= 15 is 0 Å². The van der Waals surface area contributed by atoms with Crippen molar-refractivity contribution in [2.75, 3.05) is 14.2 Å². The van der Waals surface area contributed by atoms with Gasteiger partial charge in [-0.3, -0.25) is 4.79 Å². The Morgan fingerprint density at radius 2 is 2.11 bits per heavy atom. The molecular formula is C14H18O5. The molecule has 2 atom stereocenters. The Balaban J connectivity index is 2.66. The molecule has 1 aliphatic carbocycles. The van der Waals surface area contributed by atoms with Crippen molar-refractivity contribution >= 4 is 5.78 Å². The van der Waals surface area contributed by atoms with Gasteiger partial charge >= 0.3 is 0 Å². The maximum absolute atomic E-state index is 12.1. The number of carbonyl (C=O) groups excluding carboxylic acids is 1. The summed E-state index contributed by atoms with van der Waals surface area (Å²) < 4.78 is 10.3. The molecule has 0 saturated heterocycles. The lowest BCUT2D eigenvalue weighted by Gasteiger charge is -2.29. The number of ether oxygens (including phenoxy) is 2. The molecule has 0 spiro atoms. The molecule has 1 aliphatic rings. The van der Waals surface area contributed by atoms with E-state index < -0.39 is 12.2 Å². The first-order valence-electron chi connectivity index (χ1n) is 6.21. The first-order chi connectivity index (χ1) is 9.04. The van der Waals surface area contributed by atoms with E-state index in [9.17, 15) is 15.0 Å². The molecule has 0 fully saturated rings. The van der Waals surface area contributed by atoms with E-state index in [4.69, 9.17) is 9.47 Å². The molecule has 2 N–H and O–H groups in total. The third-order valence-electron chi connectivity index (χ3n) is 3.61. The van der Waals surface area contributed by atoms with Crippen LogP contribution in [0.1, 0.15) is 40.9 Å². The Kier molecular flexibility index (Phi) is 3.78. The Morgan fingerprint density at radius 3 is 2.63 bits per heavy atom. The van der Waals surface area contributed by atoms with Gasteiger partial charge in [-0.05, 0) is 12.5 Å². The number of fused-ring (bicyclic) bond motifs is 1. The van der Waals surface area contributed by atoms with Gasteiger partial charge in [-0.25, -0.2) is 0 Å². The zero-order chi connectivity index (χ0) is 14.2. The monoisotopic (exact) mass is 266 g/mol. The van der Waals surface area contributed by atoms with E-state index in [1.807, 2.05) is 6.92 Å². The zero-order valence-corrected chi connectivity index (χ0v) is 11.3. The second kappa shape index (κ2) is 5.19. The highest BCUT2D eigenvalue weighted by Gasteiger charge is 2.36. The van der Waals surface area contributed by atoms with Crippen LogP contribution in [0.2, 0.25) is 0 Å². The highest BCUT2D eigenvalue weighted by atomic mass is 16.5. The van der Waals surface area contributed by atoms with Gasteiger partial charge in [0.25, 0.3) is 0 Å². The van der Waals surface area contributed by atoms with Crippen molar-refractivity contribution in [3.63, 3.8) is 0 Å². The molecule has 5 nitrogen and oxygen atoms in total. The van der Waals surface area contributed by atoms with Crippen molar-refractivity contribution in [3.8, 4) is 11.5 Å². The molecule has 1 aromatic carbocycles. The maximum Gasteiger partial charge on any atom is 0.169 e. The molecule has 2 rings (SSSR count). The summed E-state index contributed by atoms with van der Waals surface area (Å²) in [4.78, 5) is 12.1. The molecular weight excluding hydrogens is 248 g/mol. The summed E-state index contributed by atoms with van der Waals surface area (Å²) in [6.45, 7) is 1.87. The van der Waals surface area contributed by atoms with Crippen molar-refractivity contribution in [1.82, 2.24) is 0 Å².